The van der Waals surface area contributed by atoms with Crippen LogP contribution in [0.25, 0.3) is 11.0 Å². The van der Waals surface area contributed by atoms with E-state index in [9.17, 15) is 0 Å². The maximum absolute atomic E-state index is 4.14. The molecule has 3 heteroatoms. The van der Waals surface area contributed by atoms with Gasteiger partial charge in [0.25, 0.3) is 0 Å². The van der Waals surface area contributed by atoms with E-state index in [2.05, 4.69) is 23.9 Å². The van der Waals surface area contributed by atoms with Gasteiger partial charge in [-0.25, -0.2) is 4.98 Å². The smallest absolute Gasteiger partial charge is 0.157 e. The predicted octanol–water partition coefficient (Wildman–Crippen LogP) is 3.41. The number of nitrogens with zero attached hydrogens (tertiary/aromatic N) is 3. The van der Waals surface area contributed by atoms with Gasteiger partial charge in [-0.15, -0.1) is 0 Å². The van der Waals surface area contributed by atoms with Gasteiger partial charge in [0.1, 0.15) is 0 Å². The molecule has 2 rings (SSSR count). The Labute approximate surface area is 92.1 Å². The summed E-state index contributed by atoms with van der Waals surface area (Å²) in [5.41, 5.74) is 0.933. The molecular formula is C12H21N3. The molecule has 0 atom stereocenters. The molecule has 0 unspecified atom stereocenters. The first-order chi connectivity index (χ1) is 7.29. The van der Waals surface area contributed by atoms with Crippen LogP contribution in [0, 0.1) is 0 Å². The molecule has 3 nitrogen and oxygen atoms in total. The lowest BCUT2D eigenvalue weighted by Crippen LogP contribution is -1.89. The Hall–Kier alpha value is -1.38. The van der Waals surface area contributed by atoms with E-state index in [0.29, 0.717) is 0 Å². The largest absolute Gasteiger partial charge is 0.250 e. The maximum atomic E-state index is 4.14. The Morgan fingerprint density at radius 2 is 1.87 bits per heavy atom. The first-order valence-electron chi connectivity index (χ1n) is 5.52. The van der Waals surface area contributed by atoms with Gasteiger partial charge in [-0.3, -0.25) is 4.68 Å². The van der Waals surface area contributed by atoms with Crippen molar-refractivity contribution in [2.75, 3.05) is 0 Å². The van der Waals surface area contributed by atoms with Crippen molar-refractivity contribution in [2.24, 2.45) is 7.05 Å². The van der Waals surface area contributed by atoms with Gasteiger partial charge >= 0.3 is 0 Å². The third kappa shape index (κ3) is 4.11. The molecule has 84 valence electrons. The summed E-state index contributed by atoms with van der Waals surface area (Å²) in [6.45, 7) is 8.25. The summed E-state index contributed by atoms with van der Waals surface area (Å²) < 4.78 is 1.76. The van der Waals surface area contributed by atoms with Crippen LogP contribution in [0.15, 0.2) is 24.5 Å². The predicted molar refractivity (Wildman–Crippen MR) is 65.8 cm³/mol. The average molecular weight is 207 g/mol. The van der Waals surface area contributed by atoms with E-state index in [0.717, 1.165) is 11.0 Å². The molecule has 0 fully saturated rings. The first kappa shape index (κ1) is 13.6. The standard InChI is InChI=1S/C7H7N3.C3H8.C2H6/c1-10-7-6(5-9-10)3-2-4-8-7;1-3-2;1-2/h2-5H,1H3;3H2,1-2H3;1-2H3. The van der Waals surface area contributed by atoms with Gasteiger partial charge < -0.3 is 0 Å². The van der Waals surface area contributed by atoms with Crippen molar-refractivity contribution in [2.45, 2.75) is 34.1 Å². The molecule has 15 heavy (non-hydrogen) atoms. The third-order valence-corrected chi connectivity index (χ3v) is 1.49. The molecular weight excluding hydrogens is 186 g/mol. The van der Waals surface area contributed by atoms with Crippen LogP contribution in [-0.2, 0) is 7.05 Å². The minimum absolute atomic E-state index is 0.933. The fraction of sp³-hybridized carbons (Fsp3) is 0.500. The second-order valence-electron chi connectivity index (χ2n) is 2.89. The van der Waals surface area contributed by atoms with Gasteiger partial charge in [0.05, 0.1) is 6.20 Å². The van der Waals surface area contributed by atoms with E-state index >= 15 is 0 Å². The Bertz CT molecular complexity index is 366. The van der Waals surface area contributed by atoms with Crippen LogP contribution in [0.2, 0.25) is 0 Å². The number of aromatic nitrogens is 3. The lowest BCUT2D eigenvalue weighted by Gasteiger charge is -1.88. The van der Waals surface area contributed by atoms with Crippen molar-refractivity contribution in [3.8, 4) is 0 Å². The van der Waals surface area contributed by atoms with E-state index in [-0.39, 0.29) is 0 Å². The summed E-state index contributed by atoms with van der Waals surface area (Å²) >= 11 is 0. The zero-order chi connectivity index (χ0) is 11.7. The van der Waals surface area contributed by atoms with Crippen molar-refractivity contribution in [1.82, 2.24) is 14.8 Å². The molecule has 0 aliphatic carbocycles. The van der Waals surface area contributed by atoms with Gasteiger partial charge in [0.15, 0.2) is 5.65 Å². The second kappa shape index (κ2) is 7.97. The van der Waals surface area contributed by atoms with Crippen molar-refractivity contribution >= 4 is 11.0 Å². The van der Waals surface area contributed by atoms with E-state index in [1.165, 1.54) is 6.42 Å². The molecule has 0 N–H and O–H groups in total. The minimum atomic E-state index is 0.933. The molecule has 0 amide bonds. The van der Waals surface area contributed by atoms with Gasteiger partial charge in [0.2, 0.25) is 0 Å². The molecule has 2 aromatic rings. The van der Waals surface area contributed by atoms with E-state index < -0.39 is 0 Å². The number of hydrogen-bond acceptors (Lipinski definition) is 2. The molecule has 2 heterocycles. The quantitative estimate of drug-likeness (QED) is 0.662. The zero-order valence-corrected chi connectivity index (χ0v) is 10.4. The van der Waals surface area contributed by atoms with Crippen LogP contribution in [0.3, 0.4) is 0 Å². The zero-order valence-electron chi connectivity index (χ0n) is 10.4. The average Bonchev–Trinajstić information content (AvgIpc) is 2.65. The highest BCUT2D eigenvalue weighted by atomic mass is 15.3. The van der Waals surface area contributed by atoms with E-state index in [4.69, 9.17) is 0 Å². The van der Waals surface area contributed by atoms with Crippen molar-refractivity contribution < 1.29 is 0 Å². The fourth-order valence-electron chi connectivity index (χ4n) is 0.984. The molecule has 0 bridgehead atoms. The van der Waals surface area contributed by atoms with Crippen LogP contribution < -0.4 is 0 Å². The van der Waals surface area contributed by atoms with Crippen LogP contribution >= 0.6 is 0 Å². The van der Waals surface area contributed by atoms with Crippen molar-refractivity contribution in [3.63, 3.8) is 0 Å². The normalized spacial score (nSPS) is 8.60. The summed E-state index contributed by atoms with van der Waals surface area (Å²) in [5, 5.41) is 5.14. The van der Waals surface area contributed by atoms with Gasteiger partial charge in [0, 0.05) is 18.6 Å². The third-order valence-electron chi connectivity index (χ3n) is 1.49. The van der Waals surface area contributed by atoms with E-state index in [1.54, 1.807) is 10.9 Å². The summed E-state index contributed by atoms with van der Waals surface area (Å²) in [5.74, 6) is 0. The topological polar surface area (TPSA) is 30.7 Å². The monoisotopic (exact) mass is 207 g/mol. The lowest BCUT2D eigenvalue weighted by atomic mass is 10.4. The number of hydrogen-bond donors (Lipinski definition) is 0. The van der Waals surface area contributed by atoms with Crippen LogP contribution in [0.1, 0.15) is 34.1 Å². The van der Waals surface area contributed by atoms with Crippen LogP contribution in [0.4, 0.5) is 0 Å². The van der Waals surface area contributed by atoms with Gasteiger partial charge in [-0.2, -0.15) is 5.10 Å². The van der Waals surface area contributed by atoms with Gasteiger partial charge in [-0.1, -0.05) is 34.1 Å². The highest BCUT2D eigenvalue weighted by molar-refractivity contribution is 5.73. The molecule has 2 aromatic heterocycles. The summed E-state index contributed by atoms with van der Waals surface area (Å²) in [6, 6.07) is 3.90. The summed E-state index contributed by atoms with van der Waals surface area (Å²) in [6.07, 6.45) is 4.83. The maximum Gasteiger partial charge on any atom is 0.157 e. The summed E-state index contributed by atoms with van der Waals surface area (Å²) in [7, 11) is 1.88. The molecule has 0 saturated heterocycles. The van der Waals surface area contributed by atoms with Crippen LogP contribution in [0.5, 0.6) is 0 Å². The minimum Gasteiger partial charge on any atom is -0.250 e. The van der Waals surface area contributed by atoms with Gasteiger partial charge in [-0.05, 0) is 12.1 Å². The second-order valence-corrected chi connectivity index (χ2v) is 2.89. The first-order valence-corrected chi connectivity index (χ1v) is 5.52. The molecule has 0 radical (unpaired) electrons. The van der Waals surface area contributed by atoms with Crippen molar-refractivity contribution in [1.29, 1.82) is 0 Å². The highest BCUT2D eigenvalue weighted by Crippen LogP contribution is 2.06. The van der Waals surface area contributed by atoms with Crippen LogP contribution in [-0.4, -0.2) is 14.8 Å². The SMILES string of the molecule is CC.CCC.Cn1ncc2cccnc21. The number of fused-ring (bicyclic) bond motifs is 1. The lowest BCUT2D eigenvalue weighted by molar-refractivity contribution is 0.786. The molecule has 0 aromatic carbocycles. The Kier molecular flexibility index (Phi) is 7.24. The number of aryl methyl sites for hydroxylation is 1. The molecule has 0 spiro atoms. The molecule has 0 aliphatic heterocycles. The Balaban J connectivity index is 0.000000342. The number of rotatable bonds is 0. The Morgan fingerprint density at radius 3 is 2.40 bits per heavy atom. The van der Waals surface area contributed by atoms with Crippen molar-refractivity contribution in [3.05, 3.63) is 24.5 Å². The van der Waals surface area contributed by atoms with E-state index in [1.807, 2.05) is 39.2 Å². The Morgan fingerprint density at radius 1 is 1.27 bits per heavy atom. The highest BCUT2D eigenvalue weighted by Gasteiger charge is 1.95. The molecule has 0 saturated carbocycles. The number of pyridine rings is 1. The summed E-state index contributed by atoms with van der Waals surface area (Å²) in [4.78, 5) is 4.14. The fourth-order valence-corrected chi connectivity index (χ4v) is 0.984. The molecule has 0 aliphatic rings.